The maximum Gasteiger partial charge on any atom is 0.125 e. The highest BCUT2D eigenvalue weighted by Gasteiger charge is 2.24. The Hall–Kier alpha value is -1.47. The summed E-state index contributed by atoms with van der Waals surface area (Å²) in [4.78, 5) is 5.52. The molecule has 5 nitrogen and oxygen atoms in total. The molecule has 4 rings (SSSR count). The monoisotopic (exact) mass is 376 g/mol. The van der Waals surface area contributed by atoms with E-state index >= 15 is 0 Å². The number of β-amino-alcohol motifs (C(OH)–C–C–N with tert-alkyl or cyclic N) is 1. The van der Waals surface area contributed by atoms with E-state index in [1.807, 2.05) is 12.3 Å². The van der Waals surface area contributed by atoms with Crippen LogP contribution < -0.4 is 0 Å². The molecule has 1 atom stereocenters. The lowest BCUT2D eigenvalue weighted by atomic mass is 9.89. The minimum absolute atomic E-state index is 0.206. The number of H-pyrrole nitrogens is 1. The van der Waals surface area contributed by atoms with Crippen molar-refractivity contribution in [1.82, 2.24) is 9.88 Å². The Morgan fingerprint density at radius 2 is 2.00 bits per heavy atom. The van der Waals surface area contributed by atoms with Gasteiger partial charge in [-0.05, 0) is 68.5 Å². The number of aliphatic hydroxyl groups excluding tert-OH is 1. The quantitative estimate of drug-likeness (QED) is 0.814. The lowest BCUT2D eigenvalue weighted by Gasteiger charge is -2.33. The van der Waals surface area contributed by atoms with E-state index in [0.717, 1.165) is 62.9 Å². The average Bonchev–Trinajstić information content (AvgIpc) is 3.11. The van der Waals surface area contributed by atoms with Gasteiger partial charge in [0.25, 0.3) is 0 Å². The standard InChI is InChI=1S/C21H29FN2O3/c22-16-1-2-19-20(12-23-21(19)11-16)15-3-7-24(8-4-15)13-17(25)14-27-18-5-9-26-10-6-18/h1-2,11-12,15,17-18,23,25H,3-10,13-14H2. The fourth-order valence-electron chi connectivity index (χ4n) is 4.33. The van der Waals surface area contributed by atoms with Crippen molar-refractivity contribution in [2.75, 3.05) is 39.5 Å². The third kappa shape index (κ3) is 4.69. The molecule has 0 bridgehead atoms. The number of halogens is 1. The Kier molecular flexibility index (Phi) is 6.08. The molecule has 0 spiro atoms. The van der Waals surface area contributed by atoms with E-state index in [9.17, 15) is 9.50 Å². The van der Waals surface area contributed by atoms with Gasteiger partial charge in [-0.1, -0.05) is 0 Å². The number of likely N-dealkylation sites (tertiary alicyclic amines) is 1. The van der Waals surface area contributed by atoms with Gasteiger partial charge in [0.2, 0.25) is 0 Å². The molecule has 2 N–H and O–H groups in total. The van der Waals surface area contributed by atoms with E-state index in [0.29, 0.717) is 19.1 Å². The van der Waals surface area contributed by atoms with Crippen molar-refractivity contribution in [3.63, 3.8) is 0 Å². The maximum absolute atomic E-state index is 13.4. The Morgan fingerprint density at radius 1 is 1.22 bits per heavy atom. The Labute approximate surface area is 159 Å². The number of fused-ring (bicyclic) bond motifs is 1. The zero-order valence-electron chi connectivity index (χ0n) is 15.7. The molecule has 3 heterocycles. The summed E-state index contributed by atoms with van der Waals surface area (Å²) in [6.45, 7) is 4.51. The minimum atomic E-state index is -0.444. The molecule has 6 heteroatoms. The predicted molar refractivity (Wildman–Crippen MR) is 102 cm³/mol. The van der Waals surface area contributed by atoms with E-state index in [4.69, 9.17) is 9.47 Å². The average molecular weight is 376 g/mol. The molecule has 1 aromatic carbocycles. The molecule has 0 radical (unpaired) electrons. The molecule has 1 aromatic heterocycles. The number of piperidine rings is 1. The summed E-state index contributed by atoms with van der Waals surface area (Å²) in [5.41, 5.74) is 2.15. The lowest BCUT2D eigenvalue weighted by Crippen LogP contribution is -2.40. The highest BCUT2D eigenvalue weighted by atomic mass is 19.1. The molecule has 2 aromatic rings. The fraction of sp³-hybridized carbons (Fsp3) is 0.619. The van der Waals surface area contributed by atoms with E-state index < -0.39 is 6.10 Å². The molecule has 27 heavy (non-hydrogen) atoms. The molecule has 0 saturated carbocycles. The molecule has 2 aliphatic rings. The van der Waals surface area contributed by atoms with Gasteiger partial charge in [0.15, 0.2) is 0 Å². The smallest absolute Gasteiger partial charge is 0.125 e. The van der Waals surface area contributed by atoms with Crippen molar-refractivity contribution in [3.8, 4) is 0 Å². The first-order chi connectivity index (χ1) is 13.2. The van der Waals surface area contributed by atoms with Crippen molar-refractivity contribution in [2.24, 2.45) is 0 Å². The molecule has 148 valence electrons. The summed E-state index contributed by atoms with van der Waals surface area (Å²) in [5, 5.41) is 11.4. The minimum Gasteiger partial charge on any atom is -0.389 e. The molecule has 2 fully saturated rings. The first-order valence-corrected chi connectivity index (χ1v) is 10.1. The first-order valence-electron chi connectivity index (χ1n) is 10.1. The SMILES string of the molecule is OC(COC1CCOCC1)CN1CCC(c2c[nH]c3cc(F)ccc23)CC1. The number of rotatable bonds is 6. The zero-order valence-corrected chi connectivity index (χ0v) is 15.7. The van der Waals surface area contributed by atoms with Crippen LogP contribution in [-0.4, -0.2) is 66.7 Å². The number of benzene rings is 1. The van der Waals surface area contributed by atoms with Crippen molar-refractivity contribution in [2.45, 2.75) is 43.8 Å². The maximum atomic E-state index is 13.4. The van der Waals surface area contributed by atoms with E-state index in [-0.39, 0.29) is 11.9 Å². The number of ether oxygens (including phenoxy) is 2. The van der Waals surface area contributed by atoms with Crippen LogP contribution in [0.2, 0.25) is 0 Å². The summed E-state index contributed by atoms with van der Waals surface area (Å²) < 4.78 is 24.5. The number of hydrogen-bond acceptors (Lipinski definition) is 4. The van der Waals surface area contributed by atoms with Crippen LogP contribution in [0.1, 0.15) is 37.2 Å². The largest absolute Gasteiger partial charge is 0.389 e. The number of aromatic nitrogens is 1. The summed E-state index contributed by atoms with van der Waals surface area (Å²) in [5.74, 6) is 0.277. The fourth-order valence-corrected chi connectivity index (χ4v) is 4.33. The number of hydrogen-bond donors (Lipinski definition) is 2. The van der Waals surface area contributed by atoms with Gasteiger partial charge >= 0.3 is 0 Å². The van der Waals surface area contributed by atoms with Crippen LogP contribution in [0.5, 0.6) is 0 Å². The normalized spacial score (nSPS) is 21.7. The van der Waals surface area contributed by atoms with Gasteiger partial charge in [0.05, 0.1) is 18.8 Å². The zero-order chi connectivity index (χ0) is 18.6. The molecule has 0 aliphatic carbocycles. The molecule has 0 amide bonds. The topological polar surface area (TPSA) is 57.7 Å². The van der Waals surface area contributed by atoms with Gasteiger partial charge in [-0.3, -0.25) is 0 Å². The Balaban J connectivity index is 1.24. The highest BCUT2D eigenvalue weighted by molar-refractivity contribution is 5.83. The first kappa shape index (κ1) is 18.9. The van der Waals surface area contributed by atoms with Crippen LogP contribution in [0.15, 0.2) is 24.4 Å². The number of nitrogens with one attached hydrogen (secondary N) is 1. The lowest BCUT2D eigenvalue weighted by molar-refractivity contribution is -0.0649. The number of aliphatic hydroxyl groups is 1. The van der Waals surface area contributed by atoms with Crippen LogP contribution in [0, 0.1) is 5.82 Å². The van der Waals surface area contributed by atoms with E-state index in [1.54, 1.807) is 6.07 Å². The third-order valence-electron chi connectivity index (χ3n) is 5.86. The van der Waals surface area contributed by atoms with Crippen molar-refractivity contribution in [3.05, 3.63) is 35.8 Å². The number of nitrogens with zero attached hydrogens (tertiary/aromatic N) is 1. The molecular formula is C21H29FN2O3. The van der Waals surface area contributed by atoms with Gasteiger partial charge in [-0.25, -0.2) is 4.39 Å². The highest BCUT2D eigenvalue weighted by Crippen LogP contribution is 2.33. The molecule has 1 unspecified atom stereocenters. The summed E-state index contributed by atoms with van der Waals surface area (Å²) >= 11 is 0. The van der Waals surface area contributed by atoms with Gasteiger partial charge in [0, 0.05) is 36.9 Å². The summed E-state index contributed by atoms with van der Waals surface area (Å²) in [6.07, 6.45) is 5.77. The van der Waals surface area contributed by atoms with Gasteiger partial charge in [-0.15, -0.1) is 0 Å². The van der Waals surface area contributed by atoms with Crippen LogP contribution in [-0.2, 0) is 9.47 Å². The molecule has 2 aliphatic heterocycles. The second-order valence-electron chi connectivity index (χ2n) is 7.81. The molecule has 2 saturated heterocycles. The van der Waals surface area contributed by atoms with Gasteiger partial charge in [-0.2, -0.15) is 0 Å². The molecular weight excluding hydrogens is 347 g/mol. The van der Waals surface area contributed by atoms with Crippen LogP contribution >= 0.6 is 0 Å². The van der Waals surface area contributed by atoms with Crippen molar-refractivity contribution >= 4 is 10.9 Å². The van der Waals surface area contributed by atoms with Crippen LogP contribution in [0.25, 0.3) is 10.9 Å². The van der Waals surface area contributed by atoms with E-state index in [1.165, 1.54) is 11.6 Å². The Morgan fingerprint density at radius 3 is 2.78 bits per heavy atom. The number of aromatic amines is 1. The predicted octanol–water partition coefficient (Wildman–Crippen LogP) is 3.04. The van der Waals surface area contributed by atoms with Crippen molar-refractivity contribution < 1.29 is 19.0 Å². The Bertz CT molecular complexity index is 736. The summed E-state index contributed by atoms with van der Waals surface area (Å²) in [7, 11) is 0. The van der Waals surface area contributed by atoms with Gasteiger partial charge in [0.1, 0.15) is 5.82 Å². The van der Waals surface area contributed by atoms with Gasteiger partial charge < -0.3 is 24.5 Å². The van der Waals surface area contributed by atoms with Crippen LogP contribution in [0.4, 0.5) is 4.39 Å². The second-order valence-corrected chi connectivity index (χ2v) is 7.81. The second kappa shape index (κ2) is 8.69. The van der Waals surface area contributed by atoms with Crippen molar-refractivity contribution in [1.29, 1.82) is 0 Å². The third-order valence-corrected chi connectivity index (χ3v) is 5.86. The van der Waals surface area contributed by atoms with E-state index in [2.05, 4.69) is 9.88 Å². The summed E-state index contributed by atoms with van der Waals surface area (Å²) in [6, 6.07) is 4.96. The van der Waals surface area contributed by atoms with Crippen LogP contribution in [0.3, 0.4) is 0 Å².